The molecule has 6 heteroatoms. The van der Waals surface area contributed by atoms with Gasteiger partial charge in [-0.05, 0) is 23.8 Å². The Labute approximate surface area is 138 Å². The number of amides is 1. The third-order valence-electron chi connectivity index (χ3n) is 3.58. The van der Waals surface area contributed by atoms with E-state index in [-0.39, 0.29) is 17.2 Å². The largest absolute Gasteiger partial charge is 0.338 e. The highest BCUT2D eigenvalue weighted by molar-refractivity contribution is 5.92. The molecule has 0 saturated heterocycles. The van der Waals surface area contributed by atoms with Crippen LogP contribution >= 0.6 is 0 Å². The maximum atomic E-state index is 12.5. The zero-order chi connectivity index (χ0) is 16.9. The third-order valence-corrected chi connectivity index (χ3v) is 3.58. The smallest absolute Gasteiger partial charge is 0.272 e. The molecule has 24 heavy (non-hydrogen) atoms. The van der Waals surface area contributed by atoms with Crippen molar-refractivity contribution in [3.05, 3.63) is 94.2 Å². The van der Waals surface area contributed by atoms with Crippen molar-refractivity contribution in [1.29, 1.82) is 0 Å². The van der Waals surface area contributed by atoms with Crippen LogP contribution in [0.25, 0.3) is 0 Å². The molecule has 2 aromatic heterocycles. The second kappa shape index (κ2) is 6.87. The molecule has 0 radical (unpaired) electrons. The van der Waals surface area contributed by atoms with Gasteiger partial charge in [0.2, 0.25) is 0 Å². The van der Waals surface area contributed by atoms with Gasteiger partial charge < -0.3 is 5.32 Å². The molecule has 1 N–H and O–H groups in total. The molecule has 0 fully saturated rings. The van der Waals surface area contributed by atoms with Crippen LogP contribution < -0.4 is 10.9 Å². The van der Waals surface area contributed by atoms with Crippen LogP contribution in [0.15, 0.2) is 71.7 Å². The van der Waals surface area contributed by atoms with Crippen LogP contribution in [0.1, 0.15) is 27.8 Å². The van der Waals surface area contributed by atoms with Crippen molar-refractivity contribution in [3.8, 4) is 0 Å². The van der Waals surface area contributed by atoms with Gasteiger partial charge in [0.25, 0.3) is 11.5 Å². The number of benzene rings is 1. The van der Waals surface area contributed by atoms with Crippen molar-refractivity contribution in [3.63, 3.8) is 0 Å². The zero-order valence-corrected chi connectivity index (χ0v) is 13.1. The van der Waals surface area contributed by atoms with E-state index in [4.69, 9.17) is 0 Å². The number of rotatable bonds is 4. The molecule has 0 aliphatic carbocycles. The summed E-state index contributed by atoms with van der Waals surface area (Å²) in [6.07, 6.45) is 1.68. The van der Waals surface area contributed by atoms with Gasteiger partial charge in [0, 0.05) is 19.3 Å². The van der Waals surface area contributed by atoms with E-state index in [1.165, 1.54) is 19.2 Å². The highest BCUT2D eigenvalue weighted by atomic mass is 16.2. The fraction of sp³-hybridized carbons (Fsp3) is 0.111. The lowest BCUT2D eigenvalue weighted by Gasteiger charge is -2.18. The van der Waals surface area contributed by atoms with Gasteiger partial charge >= 0.3 is 0 Å². The minimum absolute atomic E-state index is 0.175. The Morgan fingerprint density at radius 1 is 1.04 bits per heavy atom. The Hall–Kier alpha value is -3.28. The van der Waals surface area contributed by atoms with Crippen LogP contribution in [-0.2, 0) is 7.05 Å². The standard InChI is InChI=1S/C18H16N4O2/c1-22-16(23)11-10-15(21-22)18(24)20-17(13-7-3-2-4-8-13)14-9-5-6-12-19-14/h2-12,17H,1H3,(H,20,24)/t17-/m0/s1. The summed E-state index contributed by atoms with van der Waals surface area (Å²) in [4.78, 5) is 28.3. The Balaban J connectivity index is 1.93. The summed E-state index contributed by atoms with van der Waals surface area (Å²) in [5, 5.41) is 6.92. The molecule has 1 atom stereocenters. The van der Waals surface area contributed by atoms with Gasteiger partial charge in [0.1, 0.15) is 5.69 Å². The van der Waals surface area contributed by atoms with E-state index >= 15 is 0 Å². The van der Waals surface area contributed by atoms with E-state index in [0.717, 1.165) is 15.9 Å². The first-order valence-electron chi connectivity index (χ1n) is 7.46. The highest BCUT2D eigenvalue weighted by Crippen LogP contribution is 2.20. The van der Waals surface area contributed by atoms with Crippen LogP contribution in [0, 0.1) is 0 Å². The summed E-state index contributed by atoms with van der Waals surface area (Å²) in [5.74, 6) is -0.370. The summed E-state index contributed by atoms with van der Waals surface area (Å²) in [6.45, 7) is 0. The second-order valence-electron chi connectivity index (χ2n) is 5.25. The Morgan fingerprint density at radius 3 is 2.46 bits per heavy atom. The normalized spacial score (nSPS) is 11.7. The number of aromatic nitrogens is 3. The lowest BCUT2D eigenvalue weighted by molar-refractivity contribution is 0.0935. The van der Waals surface area contributed by atoms with Crippen LogP contribution in [0.4, 0.5) is 0 Å². The van der Waals surface area contributed by atoms with E-state index in [1.807, 2.05) is 48.5 Å². The minimum Gasteiger partial charge on any atom is -0.338 e. The average Bonchev–Trinajstić information content (AvgIpc) is 2.63. The number of carbonyl (C=O) groups excluding carboxylic acids is 1. The minimum atomic E-state index is -0.404. The quantitative estimate of drug-likeness (QED) is 0.794. The average molecular weight is 320 g/mol. The monoisotopic (exact) mass is 320 g/mol. The summed E-state index contributed by atoms with van der Waals surface area (Å²) < 4.78 is 1.13. The molecule has 0 saturated carbocycles. The van der Waals surface area contributed by atoms with Crippen molar-refractivity contribution in [2.24, 2.45) is 7.05 Å². The Bertz CT molecular complexity index is 852. The van der Waals surface area contributed by atoms with Crippen molar-refractivity contribution < 1.29 is 4.79 Å². The molecule has 1 aromatic carbocycles. The predicted molar refractivity (Wildman–Crippen MR) is 89.5 cm³/mol. The van der Waals surface area contributed by atoms with Crippen LogP contribution in [-0.4, -0.2) is 20.7 Å². The lowest BCUT2D eigenvalue weighted by atomic mass is 10.0. The molecule has 0 unspecified atom stereocenters. The van der Waals surface area contributed by atoms with E-state index < -0.39 is 6.04 Å². The molecule has 0 bridgehead atoms. The summed E-state index contributed by atoms with van der Waals surface area (Å²) in [5.41, 5.74) is 1.54. The third kappa shape index (κ3) is 3.38. The Morgan fingerprint density at radius 2 is 1.79 bits per heavy atom. The lowest BCUT2D eigenvalue weighted by Crippen LogP contribution is -2.32. The van der Waals surface area contributed by atoms with Gasteiger partial charge in [0.05, 0.1) is 11.7 Å². The van der Waals surface area contributed by atoms with E-state index in [0.29, 0.717) is 0 Å². The van der Waals surface area contributed by atoms with Crippen molar-refractivity contribution in [2.75, 3.05) is 0 Å². The van der Waals surface area contributed by atoms with E-state index in [9.17, 15) is 9.59 Å². The summed E-state index contributed by atoms with van der Waals surface area (Å²) >= 11 is 0. The van der Waals surface area contributed by atoms with Crippen LogP contribution in [0.5, 0.6) is 0 Å². The molecule has 3 rings (SSSR count). The summed E-state index contributed by atoms with van der Waals surface area (Å²) in [7, 11) is 1.51. The molecule has 2 heterocycles. The molecule has 0 aliphatic heterocycles. The van der Waals surface area contributed by atoms with E-state index in [1.54, 1.807) is 6.20 Å². The van der Waals surface area contributed by atoms with Crippen LogP contribution in [0.2, 0.25) is 0 Å². The number of hydrogen-bond acceptors (Lipinski definition) is 4. The first-order valence-corrected chi connectivity index (χ1v) is 7.46. The first-order chi connectivity index (χ1) is 11.6. The molecule has 120 valence electrons. The number of nitrogens with one attached hydrogen (secondary N) is 1. The fourth-order valence-corrected chi connectivity index (χ4v) is 2.35. The molecular formula is C18H16N4O2. The SMILES string of the molecule is Cn1nc(C(=O)N[C@@H](c2ccccc2)c2ccccn2)ccc1=O. The van der Waals surface area contributed by atoms with Gasteiger partial charge in [0.15, 0.2) is 0 Å². The second-order valence-corrected chi connectivity index (χ2v) is 5.25. The van der Waals surface area contributed by atoms with Crippen molar-refractivity contribution in [1.82, 2.24) is 20.1 Å². The fourth-order valence-electron chi connectivity index (χ4n) is 2.35. The molecule has 0 aliphatic rings. The molecule has 3 aromatic rings. The number of hydrogen-bond donors (Lipinski definition) is 1. The first kappa shape index (κ1) is 15.6. The van der Waals surface area contributed by atoms with Gasteiger partial charge in [-0.15, -0.1) is 0 Å². The Kier molecular flexibility index (Phi) is 4.47. The molecule has 6 nitrogen and oxygen atoms in total. The maximum Gasteiger partial charge on any atom is 0.272 e. The van der Waals surface area contributed by atoms with Crippen molar-refractivity contribution >= 4 is 5.91 Å². The predicted octanol–water partition coefficient (Wildman–Crippen LogP) is 1.69. The highest BCUT2D eigenvalue weighted by Gasteiger charge is 2.19. The number of nitrogens with zero attached hydrogens (tertiary/aromatic N) is 3. The van der Waals surface area contributed by atoms with Gasteiger partial charge in [-0.3, -0.25) is 14.6 Å². The number of pyridine rings is 1. The molecular weight excluding hydrogens is 304 g/mol. The topological polar surface area (TPSA) is 76.9 Å². The maximum absolute atomic E-state index is 12.5. The summed E-state index contributed by atoms with van der Waals surface area (Å²) in [6, 6.07) is 17.4. The number of carbonyl (C=O) groups is 1. The van der Waals surface area contributed by atoms with E-state index in [2.05, 4.69) is 15.4 Å². The molecule has 1 amide bonds. The van der Waals surface area contributed by atoms with Crippen LogP contribution in [0.3, 0.4) is 0 Å². The number of aryl methyl sites for hydroxylation is 1. The van der Waals surface area contributed by atoms with Gasteiger partial charge in [-0.2, -0.15) is 5.10 Å². The van der Waals surface area contributed by atoms with Gasteiger partial charge in [-0.25, -0.2) is 4.68 Å². The zero-order valence-electron chi connectivity index (χ0n) is 13.1. The van der Waals surface area contributed by atoms with Crippen molar-refractivity contribution in [2.45, 2.75) is 6.04 Å². The van der Waals surface area contributed by atoms with Gasteiger partial charge in [-0.1, -0.05) is 36.4 Å². The molecule has 0 spiro atoms.